The average Bonchev–Trinajstić information content (AvgIpc) is 2.76. The Morgan fingerprint density at radius 2 is 1.81 bits per heavy atom. The van der Waals surface area contributed by atoms with Crippen LogP contribution in [0.15, 0.2) is 53.4 Å². The second kappa shape index (κ2) is 7.73. The van der Waals surface area contributed by atoms with Gasteiger partial charge in [0.25, 0.3) is 10.0 Å². The van der Waals surface area contributed by atoms with Crippen LogP contribution >= 0.6 is 12.4 Å². The first-order chi connectivity index (χ1) is 11.8. The number of rotatable bonds is 3. The number of fused-ring (bicyclic) bond motifs is 1. The summed E-state index contributed by atoms with van der Waals surface area (Å²) < 4.78 is 68.1. The number of anilines is 1. The third-order valence-electron chi connectivity index (χ3n) is 3.69. The van der Waals surface area contributed by atoms with Gasteiger partial charge in [-0.1, -0.05) is 24.3 Å². The summed E-state index contributed by atoms with van der Waals surface area (Å²) in [4.78, 5) is -0.258. The van der Waals surface area contributed by atoms with Crippen LogP contribution in [0.2, 0.25) is 0 Å². The molecule has 1 aliphatic heterocycles. The molecule has 0 fully saturated rings. The summed E-state index contributed by atoms with van der Waals surface area (Å²) in [5.74, 6) is -0.574. The molecule has 0 saturated carbocycles. The minimum atomic E-state index is -4.89. The van der Waals surface area contributed by atoms with Crippen LogP contribution in [0, 0.1) is 0 Å². The van der Waals surface area contributed by atoms with Crippen molar-refractivity contribution in [1.29, 1.82) is 0 Å². The van der Waals surface area contributed by atoms with Crippen molar-refractivity contribution in [2.24, 2.45) is 0 Å². The van der Waals surface area contributed by atoms with Crippen molar-refractivity contribution in [2.45, 2.75) is 17.8 Å². The highest BCUT2D eigenvalue weighted by molar-refractivity contribution is 7.92. The quantitative estimate of drug-likeness (QED) is 0.846. The Morgan fingerprint density at radius 3 is 2.54 bits per heavy atom. The summed E-state index contributed by atoms with van der Waals surface area (Å²) in [7, 11) is -4.03. The molecule has 0 aromatic heterocycles. The van der Waals surface area contributed by atoms with E-state index in [9.17, 15) is 21.6 Å². The molecular weight excluding hydrogens is 393 g/mol. The van der Waals surface area contributed by atoms with Crippen molar-refractivity contribution < 1.29 is 26.3 Å². The number of para-hydroxylation sites is 1. The Bertz CT molecular complexity index is 875. The van der Waals surface area contributed by atoms with Crippen LogP contribution in [-0.2, 0) is 16.6 Å². The minimum absolute atomic E-state index is 0. The number of nitrogens with one attached hydrogen (secondary N) is 1. The molecule has 0 amide bonds. The van der Waals surface area contributed by atoms with E-state index < -0.39 is 22.1 Å². The van der Waals surface area contributed by atoms with Crippen LogP contribution in [-0.4, -0.2) is 27.9 Å². The molecule has 142 valence electrons. The van der Waals surface area contributed by atoms with Gasteiger partial charge >= 0.3 is 6.36 Å². The van der Waals surface area contributed by atoms with Crippen molar-refractivity contribution in [3.8, 4) is 5.75 Å². The predicted molar refractivity (Wildman–Crippen MR) is 93.1 cm³/mol. The molecule has 1 aliphatic rings. The first-order valence-corrected chi connectivity index (χ1v) is 8.88. The third kappa shape index (κ3) is 4.40. The number of benzene rings is 2. The molecule has 5 nitrogen and oxygen atoms in total. The van der Waals surface area contributed by atoms with E-state index in [1.807, 2.05) is 0 Å². The van der Waals surface area contributed by atoms with Crippen LogP contribution < -0.4 is 14.4 Å². The van der Waals surface area contributed by atoms with Crippen molar-refractivity contribution >= 4 is 28.1 Å². The van der Waals surface area contributed by atoms with Crippen LogP contribution in [0.1, 0.15) is 5.56 Å². The van der Waals surface area contributed by atoms with E-state index in [1.54, 1.807) is 24.3 Å². The summed E-state index contributed by atoms with van der Waals surface area (Å²) in [6, 6.07) is 11.4. The van der Waals surface area contributed by atoms with Crippen LogP contribution in [0.25, 0.3) is 0 Å². The molecule has 2 aromatic rings. The molecule has 26 heavy (non-hydrogen) atoms. The Balaban J connectivity index is 0.00000243. The normalized spacial score (nSPS) is 14.8. The van der Waals surface area contributed by atoms with Crippen molar-refractivity contribution in [3.05, 3.63) is 54.1 Å². The Labute approximate surface area is 155 Å². The molecule has 0 aliphatic carbocycles. The average molecular weight is 409 g/mol. The lowest BCUT2D eigenvalue weighted by molar-refractivity contribution is -0.274. The van der Waals surface area contributed by atoms with E-state index in [1.165, 1.54) is 16.4 Å². The maximum absolute atomic E-state index is 13.0. The zero-order valence-corrected chi connectivity index (χ0v) is 15.0. The van der Waals surface area contributed by atoms with Gasteiger partial charge in [0.2, 0.25) is 0 Å². The van der Waals surface area contributed by atoms with Gasteiger partial charge in [-0.2, -0.15) is 0 Å². The van der Waals surface area contributed by atoms with Gasteiger partial charge in [-0.3, -0.25) is 4.31 Å². The zero-order chi connectivity index (χ0) is 18.1. The van der Waals surface area contributed by atoms with Crippen LogP contribution in [0.5, 0.6) is 5.75 Å². The highest BCUT2D eigenvalue weighted by atomic mass is 35.5. The monoisotopic (exact) mass is 408 g/mol. The number of ether oxygens (including phenoxy) is 1. The van der Waals surface area contributed by atoms with Gasteiger partial charge in [0.15, 0.2) is 0 Å². The number of hydrogen-bond acceptors (Lipinski definition) is 4. The molecule has 2 aromatic carbocycles. The predicted octanol–water partition coefficient (Wildman–Crippen LogP) is 3.31. The molecule has 1 N–H and O–H groups in total. The van der Waals surface area contributed by atoms with Crippen LogP contribution in [0.3, 0.4) is 0 Å². The molecule has 0 bridgehead atoms. The van der Waals surface area contributed by atoms with Gasteiger partial charge in [-0.15, -0.1) is 25.6 Å². The molecule has 0 spiro atoms. The molecule has 0 unspecified atom stereocenters. The highest BCUT2D eigenvalue weighted by Gasteiger charge is 2.32. The van der Waals surface area contributed by atoms with E-state index in [0.29, 0.717) is 18.8 Å². The van der Waals surface area contributed by atoms with Gasteiger partial charge in [-0.05, 0) is 23.8 Å². The third-order valence-corrected chi connectivity index (χ3v) is 5.50. The molecule has 10 heteroatoms. The lowest BCUT2D eigenvalue weighted by atomic mass is 10.2. The van der Waals surface area contributed by atoms with Gasteiger partial charge in [0, 0.05) is 25.7 Å². The molecule has 0 saturated heterocycles. The van der Waals surface area contributed by atoms with Crippen molar-refractivity contribution in [3.63, 3.8) is 0 Å². The topological polar surface area (TPSA) is 58.6 Å². The van der Waals surface area contributed by atoms with Crippen LogP contribution in [0.4, 0.5) is 18.9 Å². The fourth-order valence-corrected chi connectivity index (χ4v) is 4.18. The van der Waals surface area contributed by atoms with E-state index in [0.717, 1.165) is 17.7 Å². The van der Waals surface area contributed by atoms with E-state index in [-0.39, 0.29) is 23.8 Å². The second-order valence-corrected chi connectivity index (χ2v) is 7.27. The Morgan fingerprint density at radius 1 is 1.08 bits per heavy atom. The smallest absolute Gasteiger partial charge is 0.406 e. The van der Waals surface area contributed by atoms with Gasteiger partial charge in [0.05, 0.1) is 10.6 Å². The van der Waals surface area contributed by atoms with Gasteiger partial charge < -0.3 is 10.1 Å². The second-order valence-electron chi connectivity index (χ2n) is 5.41. The Hall–Kier alpha value is -1.97. The van der Waals surface area contributed by atoms with E-state index >= 15 is 0 Å². The van der Waals surface area contributed by atoms with Crippen molar-refractivity contribution in [1.82, 2.24) is 5.32 Å². The van der Waals surface area contributed by atoms with Gasteiger partial charge in [0.1, 0.15) is 5.75 Å². The lowest BCUT2D eigenvalue weighted by Crippen LogP contribution is -2.34. The molecule has 0 atom stereocenters. The maximum atomic E-state index is 13.0. The van der Waals surface area contributed by atoms with E-state index in [2.05, 4.69) is 10.1 Å². The summed E-state index contributed by atoms with van der Waals surface area (Å²) in [6.45, 7) is 1.11. The minimum Gasteiger partial charge on any atom is -0.406 e. The fourth-order valence-electron chi connectivity index (χ4n) is 2.64. The first kappa shape index (κ1) is 20.3. The number of nitrogens with zero attached hydrogens (tertiary/aromatic N) is 1. The number of halogens is 4. The van der Waals surface area contributed by atoms with E-state index in [4.69, 9.17) is 0 Å². The standard InChI is InChI=1S/C16H15F3N2O3S.ClH/c17-16(18,19)24-13-5-3-6-14(10-13)25(22,23)21-9-8-20-11-12-4-1-2-7-15(12)21;/h1-7,10,20H,8-9,11H2;1H. The molecule has 0 radical (unpaired) electrons. The summed E-state index contributed by atoms with van der Waals surface area (Å²) >= 11 is 0. The number of alkyl halides is 3. The molecular formula is C16H16ClF3N2O3S. The summed E-state index contributed by atoms with van der Waals surface area (Å²) in [6.07, 6.45) is -4.89. The zero-order valence-electron chi connectivity index (χ0n) is 13.4. The van der Waals surface area contributed by atoms with Crippen molar-refractivity contribution in [2.75, 3.05) is 17.4 Å². The first-order valence-electron chi connectivity index (χ1n) is 7.44. The highest BCUT2D eigenvalue weighted by Crippen LogP contribution is 2.30. The van der Waals surface area contributed by atoms with Gasteiger partial charge in [-0.25, -0.2) is 8.42 Å². The fraction of sp³-hybridized carbons (Fsp3) is 0.250. The maximum Gasteiger partial charge on any atom is 0.573 e. The molecule has 1 heterocycles. The number of sulfonamides is 1. The SMILES string of the molecule is Cl.O=S(=O)(c1cccc(OC(F)(F)F)c1)N1CCNCc2ccccc21. The number of hydrogen-bond donors (Lipinski definition) is 1. The summed E-state index contributed by atoms with van der Waals surface area (Å²) in [5.41, 5.74) is 1.31. The largest absolute Gasteiger partial charge is 0.573 e. The Kier molecular flexibility index (Phi) is 6.05. The lowest BCUT2D eigenvalue weighted by Gasteiger charge is -2.24. The summed E-state index contributed by atoms with van der Waals surface area (Å²) in [5, 5.41) is 3.12. The molecule has 3 rings (SSSR count).